The van der Waals surface area contributed by atoms with Gasteiger partial charge in [-0.1, -0.05) is 15.9 Å². The average Bonchev–Trinajstić information content (AvgIpc) is 2.41. The number of aromatic hydroxyl groups is 1. The number of ether oxygens (including phenoxy) is 1. The lowest BCUT2D eigenvalue weighted by atomic mass is 10.1. The summed E-state index contributed by atoms with van der Waals surface area (Å²) in [5.41, 5.74) is 0.0709. The van der Waals surface area contributed by atoms with Crippen LogP contribution in [0.5, 0.6) is 11.5 Å². The molecule has 2 N–H and O–H groups in total. The lowest BCUT2D eigenvalue weighted by Gasteiger charge is -2.09. The largest absolute Gasteiger partial charge is 0.507 e. The van der Waals surface area contributed by atoms with E-state index in [0.29, 0.717) is 10.2 Å². The Morgan fingerprint density at radius 2 is 2.05 bits per heavy atom. The van der Waals surface area contributed by atoms with Gasteiger partial charge in [-0.25, -0.2) is 4.39 Å². The highest BCUT2D eigenvalue weighted by molar-refractivity contribution is 9.10. The molecule has 2 aromatic rings. The summed E-state index contributed by atoms with van der Waals surface area (Å²) in [6.45, 7) is 0. The molecule has 104 valence electrons. The topological polar surface area (TPSA) is 58.6 Å². The summed E-state index contributed by atoms with van der Waals surface area (Å²) in [7, 11) is 1.45. The number of carbonyl (C=O) groups is 1. The summed E-state index contributed by atoms with van der Waals surface area (Å²) < 4.78 is 19.1. The third kappa shape index (κ3) is 3.08. The molecule has 0 aliphatic heterocycles. The number of halogens is 2. The number of hydrogen-bond acceptors (Lipinski definition) is 3. The van der Waals surface area contributed by atoms with E-state index in [1.54, 1.807) is 6.07 Å². The van der Waals surface area contributed by atoms with Crippen LogP contribution < -0.4 is 10.1 Å². The molecule has 0 saturated carbocycles. The zero-order chi connectivity index (χ0) is 14.7. The van der Waals surface area contributed by atoms with Gasteiger partial charge in [-0.05, 0) is 30.3 Å². The minimum Gasteiger partial charge on any atom is -0.507 e. The lowest BCUT2D eigenvalue weighted by Crippen LogP contribution is -2.13. The second-order valence-corrected chi connectivity index (χ2v) is 4.88. The first-order chi connectivity index (χ1) is 9.51. The molecule has 0 aliphatic carbocycles. The predicted octanol–water partition coefficient (Wildman–Crippen LogP) is 3.55. The van der Waals surface area contributed by atoms with Gasteiger partial charge in [0.15, 0.2) is 0 Å². The number of carbonyl (C=O) groups excluding carboxylic acids is 1. The first-order valence-electron chi connectivity index (χ1n) is 5.64. The van der Waals surface area contributed by atoms with E-state index in [-0.39, 0.29) is 17.0 Å². The van der Waals surface area contributed by atoms with E-state index in [4.69, 9.17) is 4.74 Å². The van der Waals surface area contributed by atoms with E-state index in [9.17, 15) is 14.3 Å². The maximum atomic E-state index is 13.6. The van der Waals surface area contributed by atoms with Crippen molar-refractivity contribution in [3.63, 3.8) is 0 Å². The normalized spacial score (nSPS) is 10.2. The van der Waals surface area contributed by atoms with Crippen LogP contribution in [0.2, 0.25) is 0 Å². The molecule has 1 amide bonds. The Bertz CT molecular complexity index is 661. The molecule has 0 saturated heterocycles. The van der Waals surface area contributed by atoms with Gasteiger partial charge in [0.25, 0.3) is 5.91 Å². The van der Waals surface area contributed by atoms with Crippen molar-refractivity contribution in [2.45, 2.75) is 0 Å². The Morgan fingerprint density at radius 1 is 1.30 bits per heavy atom. The van der Waals surface area contributed by atoms with Crippen molar-refractivity contribution < 1.29 is 19.0 Å². The molecule has 0 aromatic heterocycles. The van der Waals surface area contributed by atoms with Gasteiger partial charge in [0.1, 0.15) is 17.3 Å². The maximum Gasteiger partial charge on any atom is 0.259 e. The number of rotatable bonds is 3. The predicted molar refractivity (Wildman–Crippen MR) is 76.7 cm³/mol. The first-order valence-corrected chi connectivity index (χ1v) is 6.44. The van der Waals surface area contributed by atoms with Crippen LogP contribution in [0.1, 0.15) is 10.4 Å². The van der Waals surface area contributed by atoms with Crippen molar-refractivity contribution in [2.24, 2.45) is 0 Å². The molecular weight excluding hydrogens is 329 g/mol. The van der Waals surface area contributed by atoms with E-state index in [2.05, 4.69) is 21.2 Å². The van der Waals surface area contributed by atoms with Crippen LogP contribution in [0.15, 0.2) is 40.9 Å². The van der Waals surface area contributed by atoms with Gasteiger partial charge in [-0.2, -0.15) is 0 Å². The molecule has 0 unspecified atom stereocenters. The fraction of sp³-hybridized carbons (Fsp3) is 0.0714. The number of hydrogen-bond donors (Lipinski definition) is 2. The Hall–Kier alpha value is -2.08. The first kappa shape index (κ1) is 14.3. The third-order valence-electron chi connectivity index (χ3n) is 2.63. The number of amides is 1. The number of phenols is 1. The Morgan fingerprint density at radius 3 is 2.65 bits per heavy atom. The van der Waals surface area contributed by atoms with Crippen LogP contribution in [-0.4, -0.2) is 18.1 Å². The molecule has 2 aromatic carbocycles. The highest BCUT2D eigenvalue weighted by Crippen LogP contribution is 2.25. The molecule has 0 bridgehead atoms. The molecule has 2 rings (SSSR count). The summed E-state index contributed by atoms with van der Waals surface area (Å²) in [5, 5.41) is 12.1. The smallest absolute Gasteiger partial charge is 0.259 e. The summed E-state index contributed by atoms with van der Waals surface area (Å²) in [6.07, 6.45) is 0. The highest BCUT2D eigenvalue weighted by Gasteiger charge is 2.14. The minimum atomic E-state index is -0.605. The van der Waals surface area contributed by atoms with Gasteiger partial charge in [-0.15, -0.1) is 0 Å². The van der Waals surface area contributed by atoms with Crippen molar-refractivity contribution in [2.75, 3.05) is 12.4 Å². The average molecular weight is 340 g/mol. The number of benzene rings is 2. The lowest BCUT2D eigenvalue weighted by molar-refractivity contribution is 0.102. The van der Waals surface area contributed by atoms with Gasteiger partial charge >= 0.3 is 0 Å². The molecule has 0 fully saturated rings. The maximum absolute atomic E-state index is 13.6. The van der Waals surface area contributed by atoms with Gasteiger partial charge in [0, 0.05) is 10.5 Å². The SMILES string of the molecule is COc1ccc(C(=O)Nc2ccc(Br)cc2F)c(O)c1. The van der Waals surface area contributed by atoms with Crippen LogP contribution in [-0.2, 0) is 0 Å². The monoisotopic (exact) mass is 339 g/mol. The van der Waals surface area contributed by atoms with Gasteiger partial charge < -0.3 is 15.2 Å². The van der Waals surface area contributed by atoms with Crippen molar-refractivity contribution in [1.29, 1.82) is 0 Å². The van der Waals surface area contributed by atoms with E-state index >= 15 is 0 Å². The summed E-state index contributed by atoms with van der Waals surface area (Å²) in [6, 6.07) is 8.52. The summed E-state index contributed by atoms with van der Waals surface area (Å²) >= 11 is 3.13. The Balaban J connectivity index is 2.24. The number of nitrogens with one attached hydrogen (secondary N) is 1. The zero-order valence-electron chi connectivity index (χ0n) is 10.5. The highest BCUT2D eigenvalue weighted by atomic mass is 79.9. The Kier molecular flexibility index (Phi) is 4.24. The van der Waals surface area contributed by atoms with Gasteiger partial charge in [0.05, 0.1) is 18.4 Å². The fourth-order valence-corrected chi connectivity index (χ4v) is 1.94. The fourth-order valence-electron chi connectivity index (χ4n) is 1.61. The zero-order valence-corrected chi connectivity index (χ0v) is 12.1. The number of phenolic OH excluding ortho intramolecular Hbond substituents is 1. The second-order valence-electron chi connectivity index (χ2n) is 3.96. The Labute approximate surface area is 123 Å². The van der Waals surface area contributed by atoms with Crippen molar-refractivity contribution >= 4 is 27.5 Å². The molecule has 0 spiro atoms. The van der Waals surface area contributed by atoms with Crippen molar-refractivity contribution in [3.05, 3.63) is 52.3 Å². The van der Waals surface area contributed by atoms with E-state index in [1.165, 1.54) is 37.4 Å². The van der Waals surface area contributed by atoms with Crippen molar-refractivity contribution in [1.82, 2.24) is 0 Å². The van der Waals surface area contributed by atoms with Gasteiger partial charge in [-0.3, -0.25) is 4.79 Å². The molecule has 0 radical (unpaired) electrons. The molecule has 6 heteroatoms. The molecular formula is C14H11BrFNO3. The standard InChI is InChI=1S/C14H11BrFNO3/c1-20-9-3-4-10(13(18)7-9)14(19)17-12-5-2-8(15)6-11(12)16/h2-7,18H,1H3,(H,17,19). The second kappa shape index (κ2) is 5.92. The molecule has 4 nitrogen and oxygen atoms in total. The quantitative estimate of drug-likeness (QED) is 0.898. The number of anilines is 1. The third-order valence-corrected chi connectivity index (χ3v) is 3.12. The molecule has 0 heterocycles. The van der Waals surface area contributed by atoms with E-state index in [1.807, 2.05) is 0 Å². The van der Waals surface area contributed by atoms with E-state index in [0.717, 1.165) is 0 Å². The van der Waals surface area contributed by atoms with Crippen molar-refractivity contribution in [3.8, 4) is 11.5 Å². The molecule has 0 atom stereocenters. The van der Waals surface area contributed by atoms with Crippen LogP contribution in [0, 0.1) is 5.82 Å². The minimum absolute atomic E-state index is 0.0353. The molecule has 0 aliphatic rings. The number of methoxy groups -OCH3 is 1. The summed E-state index contributed by atoms with van der Waals surface area (Å²) in [5.74, 6) is -0.986. The van der Waals surface area contributed by atoms with E-state index < -0.39 is 11.7 Å². The summed E-state index contributed by atoms with van der Waals surface area (Å²) in [4.78, 5) is 12.0. The van der Waals surface area contributed by atoms with Crippen LogP contribution in [0.25, 0.3) is 0 Å². The van der Waals surface area contributed by atoms with Crippen LogP contribution in [0.3, 0.4) is 0 Å². The van der Waals surface area contributed by atoms with Crippen LogP contribution in [0.4, 0.5) is 10.1 Å². The van der Waals surface area contributed by atoms with Crippen LogP contribution >= 0.6 is 15.9 Å². The van der Waals surface area contributed by atoms with Gasteiger partial charge in [0.2, 0.25) is 0 Å². The molecule has 20 heavy (non-hydrogen) atoms.